The molecule has 4 aromatic carbocycles. The highest BCUT2D eigenvalue weighted by atomic mass is 14.5. The number of rotatable bonds is 0. The Morgan fingerprint density at radius 2 is 0.853 bits per heavy atom. The average Bonchev–Trinajstić information content (AvgIpc) is 2.81. The van der Waals surface area contributed by atoms with E-state index >= 15 is 0 Å². The van der Waals surface area contributed by atoms with Crippen LogP contribution >= 0.6 is 0 Å². The van der Waals surface area contributed by atoms with Gasteiger partial charge < -0.3 is 17.2 Å². The van der Waals surface area contributed by atoms with Crippen molar-refractivity contribution in [3.05, 3.63) is 131 Å². The average molecular weight is 460 g/mol. The van der Waals surface area contributed by atoms with Gasteiger partial charge in [-0.15, -0.1) is 0 Å². The van der Waals surface area contributed by atoms with Crippen molar-refractivity contribution in [3.8, 4) is 0 Å². The summed E-state index contributed by atoms with van der Waals surface area (Å²) in [5.41, 5.74) is 23.5. The van der Waals surface area contributed by atoms with Crippen molar-refractivity contribution in [1.82, 2.24) is 0 Å². The van der Waals surface area contributed by atoms with E-state index in [2.05, 4.69) is 62.9 Å². The van der Waals surface area contributed by atoms with Gasteiger partial charge in [-0.25, -0.2) is 0 Å². The van der Waals surface area contributed by atoms with Crippen LogP contribution in [0, 0.1) is 34.6 Å². The molecule has 0 saturated heterocycles. The fourth-order valence-corrected chi connectivity index (χ4v) is 2.49. The Kier molecular flexibility index (Phi) is 19.3. The van der Waals surface area contributed by atoms with Gasteiger partial charge in [-0.05, 0) is 65.4 Å². The molecular formula is C31H45N3. The molecule has 4 aromatic rings. The SMILES string of the molecule is C.CN.Cc1ccc(N)cc1.Cc1cccc(C)c1.Cc1ccccc1.Cc1ccccc1N. The van der Waals surface area contributed by atoms with Crippen LogP contribution in [0.5, 0.6) is 0 Å². The molecule has 0 atom stereocenters. The Bertz CT molecular complexity index is 935. The molecule has 0 radical (unpaired) electrons. The summed E-state index contributed by atoms with van der Waals surface area (Å²) in [4.78, 5) is 0. The largest absolute Gasteiger partial charge is 0.399 e. The van der Waals surface area contributed by atoms with Crippen molar-refractivity contribution in [2.75, 3.05) is 18.5 Å². The lowest BCUT2D eigenvalue weighted by molar-refractivity contribution is 1.39. The fraction of sp³-hybridized carbons (Fsp3) is 0.226. The number of para-hydroxylation sites is 1. The highest BCUT2D eigenvalue weighted by molar-refractivity contribution is 5.45. The standard InChI is InChI=1S/C8H10.2C7H9N.C7H8.CH5N.CH4/c1-7-4-3-5-8(2)6-7;1-6-2-4-7(8)5-3-6;1-6-4-2-3-5-7(6)8;1-7-5-3-2-4-6-7;1-2;/h3-6H,1-2H3;2*2-5H,8H2,1H3;2-6H,1H3;2H2,1H3;1H4. The lowest BCUT2D eigenvalue weighted by Gasteiger charge is -1.93. The molecule has 0 saturated carbocycles. The van der Waals surface area contributed by atoms with Crippen LogP contribution in [0.1, 0.15) is 35.2 Å². The minimum Gasteiger partial charge on any atom is -0.399 e. The Labute approximate surface area is 208 Å². The van der Waals surface area contributed by atoms with Crippen molar-refractivity contribution >= 4 is 11.4 Å². The number of nitrogens with two attached hydrogens (primary N) is 3. The van der Waals surface area contributed by atoms with E-state index in [4.69, 9.17) is 11.5 Å². The summed E-state index contributed by atoms with van der Waals surface area (Å²) in [6, 6.07) is 34.3. The Morgan fingerprint density at radius 3 is 1.15 bits per heavy atom. The fourth-order valence-electron chi connectivity index (χ4n) is 2.49. The molecule has 184 valence electrons. The Morgan fingerprint density at radius 1 is 0.441 bits per heavy atom. The lowest BCUT2D eigenvalue weighted by atomic mass is 10.2. The number of nitrogen functional groups attached to an aromatic ring is 2. The van der Waals surface area contributed by atoms with E-state index in [1.54, 1.807) is 0 Å². The first kappa shape index (κ1) is 32.6. The van der Waals surface area contributed by atoms with E-state index in [-0.39, 0.29) is 7.43 Å². The molecule has 0 bridgehead atoms. The molecule has 0 amide bonds. The topological polar surface area (TPSA) is 78.1 Å². The summed E-state index contributed by atoms with van der Waals surface area (Å²) in [6.45, 7) is 10.3. The summed E-state index contributed by atoms with van der Waals surface area (Å²) in [5.74, 6) is 0. The number of anilines is 2. The van der Waals surface area contributed by atoms with Gasteiger partial charge in [0, 0.05) is 11.4 Å². The Balaban J connectivity index is 0. The van der Waals surface area contributed by atoms with Crippen LogP contribution in [0.25, 0.3) is 0 Å². The zero-order valence-electron chi connectivity index (χ0n) is 21.0. The zero-order valence-corrected chi connectivity index (χ0v) is 21.0. The molecule has 6 N–H and O–H groups in total. The third-order valence-corrected chi connectivity index (χ3v) is 4.38. The normalized spacial score (nSPS) is 8.44. The minimum absolute atomic E-state index is 0. The van der Waals surface area contributed by atoms with Crippen molar-refractivity contribution in [3.63, 3.8) is 0 Å². The smallest absolute Gasteiger partial charge is 0.0343 e. The van der Waals surface area contributed by atoms with Crippen LogP contribution in [-0.4, -0.2) is 7.05 Å². The molecule has 0 aromatic heterocycles. The van der Waals surface area contributed by atoms with Gasteiger partial charge in [0.1, 0.15) is 0 Å². The van der Waals surface area contributed by atoms with E-state index in [9.17, 15) is 0 Å². The van der Waals surface area contributed by atoms with Gasteiger partial charge in [0.2, 0.25) is 0 Å². The molecule has 0 spiro atoms. The summed E-state index contributed by atoms with van der Waals surface area (Å²) < 4.78 is 0. The summed E-state index contributed by atoms with van der Waals surface area (Å²) in [5, 5.41) is 0. The van der Waals surface area contributed by atoms with Crippen molar-refractivity contribution in [2.24, 2.45) is 5.73 Å². The van der Waals surface area contributed by atoms with Crippen LogP contribution in [0.15, 0.2) is 103 Å². The Hall–Kier alpha value is -3.56. The van der Waals surface area contributed by atoms with Crippen molar-refractivity contribution in [1.29, 1.82) is 0 Å². The van der Waals surface area contributed by atoms with Gasteiger partial charge in [0.05, 0.1) is 0 Å². The molecule has 0 aliphatic carbocycles. The van der Waals surface area contributed by atoms with Crippen LogP contribution in [0.3, 0.4) is 0 Å². The maximum absolute atomic E-state index is 5.52. The van der Waals surface area contributed by atoms with E-state index in [0.29, 0.717) is 0 Å². The van der Waals surface area contributed by atoms with Crippen LogP contribution in [-0.2, 0) is 0 Å². The molecule has 3 nitrogen and oxygen atoms in total. The highest BCUT2D eigenvalue weighted by Gasteiger charge is 1.84. The van der Waals surface area contributed by atoms with Gasteiger partial charge in [0.15, 0.2) is 0 Å². The van der Waals surface area contributed by atoms with Crippen LogP contribution < -0.4 is 17.2 Å². The monoisotopic (exact) mass is 459 g/mol. The minimum atomic E-state index is 0. The van der Waals surface area contributed by atoms with Crippen molar-refractivity contribution < 1.29 is 0 Å². The van der Waals surface area contributed by atoms with E-state index in [1.165, 1.54) is 29.3 Å². The van der Waals surface area contributed by atoms with Gasteiger partial charge in [-0.1, -0.05) is 115 Å². The summed E-state index contributed by atoms with van der Waals surface area (Å²) >= 11 is 0. The molecule has 3 heteroatoms. The van der Waals surface area contributed by atoms with E-state index in [0.717, 1.165) is 16.9 Å². The third-order valence-electron chi connectivity index (χ3n) is 4.38. The highest BCUT2D eigenvalue weighted by Crippen LogP contribution is 2.06. The van der Waals surface area contributed by atoms with Gasteiger partial charge in [-0.3, -0.25) is 0 Å². The first-order valence-electron chi connectivity index (χ1n) is 11.0. The molecule has 0 aliphatic rings. The summed E-state index contributed by atoms with van der Waals surface area (Å²) in [6.07, 6.45) is 0. The van der Waals surface area contributed by atoms with Gasteiger partial charge >= 0.3 is 0 Å². The van der Waals surface area contributed by atoms with Crippen molar-refractivity contribution in [2.45, 2.75) is 42.0 Å². The molecule has 0 aliphatic heterocycles. The van der Waals surface area contributed by atoms with Crippen LogP contribution in [0.4, 0.5) is 11.4 Å². The second-order valence-electron chi connectivity index (χ2n) is 7.58. The number of benzene rings is 4. The second kappa shape index (κ2) is 20.1. The molecule has 0 fully saturated rings. The third kappa shape index (κ3) is 17.0. The molecule has 0 unspecified atom stereocenters. The van der Waals surface area contributed by atoms with Gasteiger partial charge in [-0.2, -0.15) is 0 Å². The van der Waals surface area contributed by atoms with E-state index < -0.39 is 0 Å². The quantitative estimate of drug-likeness (QED) is 0.236. The number of hydrogen-bond acceptors (Lipinski definition) is 3. The summed E-state index contributed by atoms with van der Waals surface area (Å²) in [7, 11) is 1.50. The lowest BCUT2D eigenvalue weighted by Crippen LogP contribution is -1.85. The first-order chi connectivity index (χ1) is 15.8. The predicted octanol–water partition coefficient (Wildman–Crippen LogP) is 7.66. The van der Waals surface area contributed by atoms with Gasteiger partial charge in [0.25, 0.3) is 0 Å². The number of aryl methyl sites for hydroxylation is 5. The molecule has 0 heterocycles. The molecule has 34 heavy (non-hydrogen) atoms. The maximum Gasteiger partial charge on any atom is 0.0343 e. The van der Waals surface area contributed by atoms with Crippen LogP contribution in [0.2, 0.25) is 0 Å². The maximum atomic E-state index is 5.52. The second-order valence-corrected chi connectivity index (χ2v) is 7.58. The van der Waals surface area contributed by atoms with E-state index in [1.807, 2.05) is 80.6 Å². The first-order valence-corrected chi connectivity index (χ1v) is 11.0. The molecule has 4 rings (SSSR count). The predicted molar refractivity (Wildman–Crippen MR) is 155 cm³/mol. The molecular weight excluding hydrogens is 414 g/mol. The number of hydrogen-bond donors (Lipinski definition) is 3. The zero-order chi connectivity index (χ0) is 25.1.